The molecule has 1 saturated carbocycles. The maximum atomic E-state index is 10.9. The first-order chi connectivity index (χ1) is 7.24. The van der Waals surface area contributed by atoms with Crippen molar-refractivity contribution in [2.24, 2.45) is 5.92 Å². The molecule has 0 bridgehead atoms. The Morgan fingerprint density at radius 1 is 1.40 bits per heavy atom. The standard InChI is InChI=1S/C13H22O2/c1-3-4-5-6-8-12-9-7-10-13(12)15-11(2)14/h5-6,12-13H,3-4,7-10H2,1-2H3/b6-5+. The zero-order valence-electron chi connectivity index (χ0n) is 9.87. The zero-order valence-corrected chi connectivity index (χ0v) is 9.87. The van der Waals surface area contributed by atoms with Crippen LogP contribution in [0.25, 0.3) is 0 Å². The SMILES string of the molecule is CCC/C=C/CC1CCCC1OC(C)=O. The Hall–Kier alpha value is -0.790. The van der Waals surface area contributed by atoms with E-state index in [-0.39, 0.29) is 12.1 Å². The van der Waals surface area contributed by atoms with Gasteiger partial charge in [0, 0.05) is 6.92 Å². The number of allylic oxidation sites excluding steroid dienone is 2. The van der Waals surface area contributed by atoms with E-state index in [1.54, 1.807) is 0 Å². The van der Waals surface area contributed by atoms with Crippen molar-refractivity contribution >= 4 is 5.97 Å². The van der Waals surface area contributed by atoms with E-state index in [2.05, 4.69) is 19.1 Å². The average Bonchev–Trinajstić information content (AvgIpc) is 2.59. The lowest BCUT2D eigenvalue weighted by Crippen LogP contribution is -2.20. The largest absolute Gasteiger partial charge is 0.462 e. The van der Waals surface area contributed by atoms with Crippen molar-refractivity contribution in [1.82, 2.24) is 0 Å². The Morgan fingerprint density at radius 2 is 2.20 bits per heavy atom. The van der Waals surface area contributed by atoms with Gasteiger partial charge in [-0.1, -0.05) is 25.5 Å². The van der Waals surface area contributed by atoms with Crippen molar-refractivity contribution in [3.05, 3.63) is 12.2 Å². The van der Waals surface area contributed by atoms with Crippen molar-refractivity contribution in [3.63, 3.8) is 0 Å². The van der Waals surface area contributed by atoms with Gasteiger partial charge in [-0.05, 0) is 38.0 Å². The molecule has 86 valence electrons. The van der Waals surface area contributed by atoms with Crippen LogP contribution < -0.4 is 0 Å². The van der Waals surface area contributed by atoms with Crippen LogP contribution in [0.3, 0.4) is 0 Å². The third-order valence-corrected chi connectivity index (χ3v) is 2.97. The van der Waals surface area contributed by atoms with Crippen LogP contribution in [-0.2, 0) is 9.53 Å². The van der Waals surface area contributed by atoms with Crippen molar-refractivity contribution in [1.29, 1.82) is 0 Å². The molecule has 0 aliphatic heterocycles. The summed E-state index contributed by atoms with van der Waals surface area (Å²) in [7, 11) is 0. The molecule has 1 aliphatic carbocycles. The highest BCUT2D eigenvalue weighted by Gasteiger charge is 2.28. The molecule has 1 aliphatic rings. The van der Waals surface area contributed by atoms with E-state index in [9.17, 15) is 4.79 Å². The zero-order chi connectivity index (χ0) is 11.1. The van der Waals surface area contributed by atoms with Crippen molar-refractivity contribution in [3.8, 4) is 0 Å². The summed E-state index contributed by atoms with van der Waals surface area (Å²) in [6, 6.07) is 0. The van der Waals surface area contributed by atoms with Crippen LogP contribution in [-0.4, -0.2) is 12.1 Å². The van der Waals surface area contributed by atoms with E-state index in [0.717, 1.165) is 19.3 Å². The Balaban J connectivity index is 2.29. The molecule has 2 heteroatoms. The summed E-state index contributed by atoms with van der Waals surface area (Å²) in [5, 5.41) is 0. The number of rotatable bonds is 5. The van der Waals surface area contributed by atoms with Crippen LogP contribution >= 0.6 is 0 Å². The summed E-state index contributed by atoms with van der Waals surface area (Å²) in [5.74, 6) is 0.423. The van der Waals surface area contributed by atoms with E-state index in [1.807, 2.05) is 0 Å². The summed E-state index contributed by atoms with van der Waals surface area (Å²) in [5.41, 5.74) is 0. The Bertz CT molecular complexity index is 221. The maximum Gasteiger partial charge on any atom is 0.302 e. The van der Waals surface area contributed by atoms with E-state index in [4.69, 9.17) is 4.74 Å². The van der Waals surface area contributed by atoms with Gasteiger partial charge < -0.3 is 4.74 Å². The fraction of sp³-hybridized carbons (Fsp3) is 0.769. The van der Waals surface area contributed by atoms with E-state index < -0.39 is 0 Å². The van der Waals surface area contributed by atoms with Crippen LogP contribution in [0, 0.1) is 5.92 Å². The van der Waals surface area contributed by atoms with Gasteiger partial charge in [0.1, 0.15) is 6.10 Å². The molecule has 0 aromatic heterocycles. The summed E-state index contributed by atoms with van der Waals surface area (Å²) in [6.07, 6.45) is 11.5. The van der Waals surface area contributed by atoms with Crippen LogP contribution in [0.2, 0.25) is 0 Å². The number of carbonyl (C=O) groups is 1. The van der Waals surface area contributed by atoms with Crippen molar-refractivity contribution < 1.29 is 9.53 Å². The molecule has 1 fully saturated rings. The smallest absolute Gasteiger partial charge is 0.302 e. The lowest BCUT2D eigenvalue weighted by atomic mass is 10.0. The molecular formula is C13H22O2. The minimum absolute atomic E-state index is 0.135. The number of unbranched alkanes of at least 4 members (excludes halogenated alkanes) is 1. The predicted molar refractivity (Wildman–Crippen MR) is 61.6 cm³/mol. The normalized spacial score (nSPS) is 26.0. The number of hydrogen-bond donors (Lipinski definition) is 0. The third kappa shape index (κ3) is 4.50. The molecule has 0 saturated heterocycles. The molecule has 2 atom stereocenters. The Kier molecular flexibility index (Phi) is 5.44. The fourth-order valence-electron chi connectivity index (χ4n) is 2.20. The monoisotopic (exact) mass is 210 g/mol. The van der Waals surface area contributed by atoms with Gasteiger partial charge in [-0.3, -0.25) is 4.79 Å². The molecule has 2 nitrogen and oxygen atoms in total. The van der Waals surface area contributed by atoms with Crippen LogP contribution in [0.1, 0.15) is 52.4 Å². The van der Waals surface area contributed by atoms with Gasteiger partial charge in [0.05, 0.1) is 0 Å². The lowest BCUT2D eigenvalue weighted by molar-refractivity contribution is -0.147. The topological polar surface area (TPSA) is 26.3 Å². The first kappa shape index (κ1) is 12.3. The van der Waals surface area contributed by atoms with Crippen LogP contribution in [0.4, 0.5) is 0 Å². The van der Waals surface area contributed by atoms with E-state index in [1.165, 1.54) is 26.2 Å². The minimum atomic E-state index is -0.135. The molecule has 0 aromatic rings. The second kappa shape index (κ2) is 6.65. The number of carbonyl (C=O) groups excluding carboxylic acids is 1. The molecule has 0 amide bonds. The summed E-state index contributed by atoms with van der Waals surface area (Å²) in [4.78, 5) is 10.9. The highest BCUT2D eigenvalue weighted by Crippen LogP contribution is 2.31. The van der Waals surface area contributed by atoms with Gasteiger partial charge in [0.2, 0.25) is 0 Å². The van der Waals surface area contributed by atoms with Gasteiger partial charge in [0.25, 0.3) is 0 Å². The maximum absolute atomic E-state index is 10.9. The van der Waals surface area contributed by atoms with E-state index in [0.29, 0.717) is 5.92 Å². The number of esters is 1. The first-order valence-corrected chi connectivity index (χ1v) is 6.06. The number of ether oxygens (including phenoxy) is 1. The molecule has 0 spiro atoms. The first-order valence-electron chi connectivity index (χ1n) is 6.06. The summed E-state index contributed by atoms with van der Waals surface area (Å²) < 4.78 is 5.31. The quantitative estimate of drug-likeness (QED) is 0.513. The van der Waals surface area contributed by atoms with Crippen LogP contribution in [0.15, 0.2) is 12.2 Å². The van der Waals surface area contributed by atoms with Crippen molar-refractivity contribution in [2.45, 2.75) is 58.5 Å². The molecule has 0 heterocycles. The molecule has 15 heavy (non-hydrogen) atoms. The van der Waals surface area contributed by atoms with Gasteiger partial charge >= 0.3 is 5.97 Å². The highest BCUT2D eigenvalue weighted by atomic mass is 16.5. The minimum Gasteiger partial charge on any atom is -0.462 e. The number of hydrogen-bond acceptors (Lipinski definition) is 2. The Labute approximate surface area is 92.7 Å². The van der Waals surface area contributed by atoms with Gasteiger partial charge in [0.15, 0.2) is 0 Å². The van der Waals surface area contributed by atoms with Gasteiger partial charge in [-0.15, -0.1) is 0 Å². The molecule has 2 unspecified atom stereocenters. The molecule has 0 aromatic carbocycles. The second-order valence-corrected chi connectivity index (χ2v) is 4.33. The molecule has 1 rings (SSSR count). The van der Waals surface area contributed by atoms with Crippen molar-refractivity contribution in [2.75, 3.05) is 0 Å². The Morgan fingerprint density at radius 3 is 2.87 bits per heavy atom. The highest BCUT2D eigenvalue weighted by molar-refractivity contribution is 5.66. The average molecular weight is 210 g/mol. The third-order valence-electron chi connectivity index (χ3n) is 2.97. The predicted octanol–water partition coefficient (Wildman–Crippen LogP) is 3.46. The summed E-state index contributed by atoms with van der Waals surface area (Å²) >= 11 is 0. The van der Waals surface area contributed by atoms with Crippen LogP contribution in [0.5, 0.6) is 0 Å². The second-order valence-electron chi connectivity index (χ2n) is 4.33. The molecular weight excluding hydrogens is 188 g/mol. The summed E-state index contributed by atoms with van der Waals surface area (Å²) in [6.45, 7) is 3.68. The van der Waals surface area contributed by atoms with E-state index >= 15 is 0 Å². The lowest BCUT2D eigenvalue weighted by Gasteiger charge is -2.17. The fourth-order valence-corrected chi connectivity index (χ4v) is 2.20. The molecule has 0 N–H and O–H groups in total. The van der Waals surface area contributed by atoms with Gasteiger partial charge in [-0.25, -0.2) is 0 Å². The van der Waals surface area contributed by atoms with Gasteiger partial charge in [-0.2, -0.15) is 0 Å². The molecule has 0 radical (unpaired) electrons.